The molecule has 0 bridgehead atoms. The highest BCUT2D eigenvalue weighted by molar-refractivity contribution is 6.04. The van der Waals surface area contributed by atoms with E-state index in [2.05, 4.69) is 15.5 Å². The third-order valence-corrected chi connectivity index (χ3v) is 3.82. The number of nitro benzene ring substituents is 1. The average Bonchev–Trinajstić information content (AvgIpc) is 3.30. The number of aromatic amines is 1. The molecule has 0 saturated carbocycles. The molecule has 0 saturated heterocycles. The van der Waals surface area contributed by atoms with Crippen LogP contribution in [0.2, 0.25) is 0 Å². The molecule has 0 atom stereocenters. The van der Waals surface area contributed by atoms with Crippen LogP contribution in [0.5, 0.6) is 11.5 Å². The smallest absolute Gasteiger partial charge is 0.270 e. The van der Waals surface area contributed by atoms with Gasteiger partial charge in [0.15, 0.2) is 17.3 Å². The first-order chi connectivity index (χ1) is 12.6. The minimum Gasteiger partial charge on any atom is -0.454 e. The zero-order chi connectivity index (χ0) is 18.1. The second-order valence-corrected chi connectivity index (χ2v) is 5.50. The zero-order valence-corrected chi connectivity index (χ0v) is 13.3. The number of rotatable bonds is 4. The molecule has 0 spiro atoms. The third-order valence-electron chi connectivity index (χ3n) is 3.82. The maximum atomic E-state index is 12.4. The lowest BCUT2D eigenvalue weighted by molar-refractivity contribution is -0.384. The van der Waals surface area contributed by atoms with Crippen LogP contribution in [0.15, 0.2) is 48.5 Å². The van der Waals surface area contributed by atoms with Gasteiger partial charge in [0.25, 0.3) is 11.6 Å². The van der Waals surface area contributed by atoms with Gasteiger partial charge in [0.1, 0.15) is 0 Å². The van der Waals surface area contributed by atoms with Crippen LogP contribution in [0.3, 0.4) is 0 Å². The summed E-state index contributed by atoms with van der Waals surface area (Å²) in [4.78, 5) is 22.8. The maximum absolute atomic E-state index is 12.4. The SMILES string of the molecule is O=C(Nc1cc(-c2cccc([N+](=O)[O-])c2)[nH]n1)c1ccc2c(c1)OCO2. The summed E-state index contributed by atoms with van der Waals surface area (Å²) in [6.45, 7) is 0.131. The summed E-state index contributed by atoms with van der Waals surface area (Å²) in [5.74, 6) is 1.04. The van der Waals surface area contributed by atoms with E-state index in [4.69, 9.17) is 9.47 Å². The van der Waals surface area contributed by atoms with E-state index in [-0.39, 0.29) is 18.4 Å². The molecular weight excluding hydrogens is 340 g/mol. The van der Waals surface area contributed by atoms with Crippen molar-refractivity contribution in [1.29, 1.82) is 0 Å². The lowest BCUT2D eigenvalue weighted by Gasteiger charge is -2.03. The number of nitro groups is 1. The number of ether oxygens (including phenoxy) is 2. The topological polar surface area (TPSA) is 119 Å². The Morgan fingerprint density at radius 1 is 1.15 bits per heavy atom. The molecule has 9 nitrogen and oxygen atoms in total. The van der Waals surface area contributed by atoms with Gasteiger partial charge in [-0.15, -0.1) is 0 Å². The van der Waals surface area contributed by atoms with E-state index in [1.54, 1.807) is 36.4 Å². The predicted molar refractivity (Wildman–Crippen MR) is 91.2 cm³/mol. The van der Waals surface area contributed by atoms with Gasteiger partial charge < -0.3 is 14.8 Å². The van der Waals surface area contributed by atoms with Gasteiger partial charge in [0.05, 0.1) is 10.6 Å². The van der Waals surface area contributed by atoms with E-state index in [1.165, 1.54) is 12.1 Å². The maximum Gasteiger partial charge on any atom is 0.270 e. The minimum absolute atomic E-state index is 0.0250. The molecule has 2 aromatic carbocycles. The van der Waals surface area contributed by atoms with Crippen LogP contribution in [0.1, 0.15) is 10.4 Å². The summed E-state index contributed by atoms with van der Waals surface area (Å²) in [5.41, 5.74) is 1.52. The Morgan fingerprint density at radius 3 is 2.85 bits per heavy atom. The van der Waals surface area contributed by atoms with Crippen molar-refractivity contribution in [3.05, 3.63) is 64.2 Å². The molecule has 2 N–H and O–H groups in total. The highest BCUT2D eigenvalue weighted by Gasteiger charge is 2.17. The van der Waals surface area contributed by atoms with Gasteiger partial charge in [-0.25, -0.2) is 0 Å². The number of fused-ring (bicyclic) bond motifs is 1. The summed E-state index contributed by atoms with van der Waals surface area (Å²) < 4.78 is 10.5. The van der Waals surface area contributed by atoms with Gasteiger partial charge in [0.2, 0.25) is 6.79 Å². The van der Waals surface area contributed by atoms with Crippen LogP contribution < -0.4 is 14.8 Å². The monoisotopic (exact) mass is 352 g/mol. The fourth-order valence-corrected chi connectivity index (χ4v) is 2.55. The van der Waals surface area contributed by atoms with E-state index in [0.29, 0.717) is 34.1 Å². The summed E-state index contributed by atoms with van der Waals surface area (Å²) in [6, 6.07) is 12.6. The summed E-state index contributed by atoms with van der Waals surface area (Å²) in [5, 5.41) is 20.3. The number of hydrogen-bond acceptors (Lipinski definition) is 6. The standard InChI is InChI=1S/C17H12N4O5/c22-17(11-4-5-14-15(7-11)26-9-25-14)18-16-8-13(19-20-16)10-2-1-3-12(6-10)21(23)24/h1-8H,9H2,(H2,18,19,20,22). The number of amides is 1. The van der Waals surface area contributed by atoms with Crippen LogP contribution in [0, 0.1) is 10.1 Å². The average molecular weight is 352 g/mol. The lowest BCUT2D eigenvalue weighted by Crippen LogP contribution is -2.12. The Balaban J connectivity index is 1.52. The molecule has 130 valence electrons. The van der Waals surface area contributed by atoms with Crippen LogP contribution in [0.4, 0.5) is 11.5 Å². The van der Waals surface area contributed by atoms with Gasteiger partial charge in [-0.1, -0.05) is 12.1 Å². The highest BCUT2D eigenvalue weighted by Crippen LogP contribution is 2.32. The van der Waals surface area contributed by atoms with E-state index in [0.717, 1.165) is 0 Å². The number of nitrogens with one attached hydrogen (secondary N) is 2. The number of nitrogens with zero attached hydrogens (tertiary/aromatic N) is 2. The number of anilines is 1. The second-order valence-electron chi connectivity index (χ2n) is 5.50. The van der Waals surface area contributed by atoms with Crippen LogP contribution in [0.25, 0.3) is 11.3 Å². The van der Waals surface area contributed by atoms with Crippen molar-refractivity contribution in [1.82, 2.24) is 10.2 Å². The van der Waals surface area contributed by atoms with Crippen molar-refractivity contribution in [3.63, 3.8) is 0 Å². The molecule has 1 amide bonds. The molecule has 0 unspecified atom stereocenters. The number of H-pyrrole nitrogens is 1. The molecule has 9 heteroatoms. The fourth-order valence-electron chi connectivity index (χ4n) is 2.55. The largest absolute Gasteiger partial charge is 0.454 e. The van der Waals surface area contributed by atoms with Gasteiger partial charge >= 0.3 is 0 Å². The van der Waals surface area contributed by atoms with Crippen molar-refractivity contribution < 1.29 is 19.2 Å². The molecule has 26 heavy (non-hydrogen) atoms. The molecule has 1 aliphatic heterocycles. The first-order valence-corrected chi connectivity index (χ1v) is 7.61. The van der Waals surface area contributed by atoms with Crippen LogP contribution in [-0.4, -0.2) is 27.8 Å². The number of hydrogen-bond donors (Lipinski definition) is 2. The molecule has 2 heterocycles. The summed E-state index contributed by atoms with van der Waals surface area (Å²) in [6.07, 6.45) is 0. The molecule has 1 aromatic heterocycles. The highest BCUT2D eigenvalue weighted by atomic mass is 16.7. The van der Waals surface area contributed by atoms with Crippen molar-refractivity contribution in [2.75, 3.05) is 12.1 Å². The molecule has 0 aliphatic carbocycles. The van der Waals surface area contributed by atoms with Crippen molar-refractivity contribution in [2.45, 2.75) is 0 Å². The number of benzene rings is 2. The van der Waals surface area contributed by atoms with E-state index < -0.39 is 4.92 Å². The second kappa shape index (κ2) is 6.20. The van der Waals surface area contributed by atoms with Crippen LogP contribution in [-0.2, 0) is 0 Å². The number of carbonyl (C=O) groups is 1. The van der Waals surface area contributed by atoms with Gasteiger partial charge in [-0.2, -0.15) is 5.10 Å². The van der Waals surface area contributed by atoms with Crippen molar-refractivity contribution in [2.24, 2.45) is 0 Å². The Hall–Kier alpha value is -3.88. The third kappa shape index (κ3) is 2.93. The summed E-state index contributed by atoms with van der Waals surface area (Å²) in [7, 11) is 0. The van der Waals surface area contributed by atoms with Crippen molar-refractivity contribution in [3.8, 4) is 22.8 Å². The molecule has 4 rings (SSSR count). The first-order valence-electron chi connectivity index (χ1n) is 7.61. The van der Waals surface area contributed by atoms with Gasteiger partial charge in [-0.05, 0) is 18.2 Å². The van der Waals surface area contributed by atoms with E-state index >= 15 is 0 Å². The fraction of sp³-hybridized carbons (Fsp3) is 0.0588. The first kappa shape index (κ1) is 15.6. The van der Waals surface area contributed by atoms with Gasteiger partial charge in [-0.3, -0.25) is 20.0 Å². The number of carbonyl (C=O) groups excluding carboxylic acids is 1. The molecule has 0 radical (unpaired) electrons. The molecule has 3 aromatic rings. The molecule has 0 fully saturated rings. The lowest BCUT2D eigenvalue weighted by atomic mass is 10.1. The van der Waals surface area contributed by atoms with E-state index in [9.17, 15) is 14.9 Å². The molecular formula is C17H12N4O5. The van der Waals surface area contributed by atoms with Crippen LogP contribution >= 0.6 is 0 Å². The quantitative estimate of drug-likeness (QED) is 0.550. The number of aromatic nitrogens is 2. The Labute approximate surface area is 146 Å². The van der Waals surface area contributed by atoms with Crippen molar-refractivity contribution >= 4 is 17.4 Å². The predicted octanol–water partition coefficient (Wildman–Crippen LogP) is 2.97. The normalized spacial score (nSPS) is 12.0. The minimum atomic E-state index is -0.470. The van der Waals surface area contributed by atoms with Gasteiger partial charge in [0, 0.05) is 29.3 Å². The van der Waals surface area contributed by atoms with E-state index in [1.807, 2.05) is 0 Å². The summed E-state index contributed by atoms with van der Waals surface area (Å²) >= 11 is 0. The Morgan fingerprint density at radius 2 is 2.00 bits per heavy atom. The Bertz CT molecular complexity index is 1010. The number of non-ortho nitro benzene ring substituents is 1. The zero-order valence-electron chi connectivity index (χ0n) is 13.3. The molecule has 1 aliphatic rings. The Kier molecular flexibility index (Phi) is 3.73.